The van der Waals surface area contributed by atoms with Crippen LogP contribution in [0.1, 0.15) is 42.5 Å². The highest BCUT2D eigenvalue weighted by atomic mass is 16.6. The number of amides is 1. The average Bonchev–Trinajstić information content (AvgIpc) is 2.47. The Labute approximate surface area is 117 Å². The minimum atomic E-state index is -0.563. The molecule has 108 valence electrons. The first kappa shape index (κ1) is 14.3. The van der Waals surface area contributed by atoms with Crippen LogP contribution in [0.2, 0.25) is 0 Å². The summed E-state index contributed by atoms with van der Waals surface area (Å²) in [6.45, 7) is 0. The molecule has 0 bridgehead atoms. The lowest BCUT2D eigenvalue weighted by molar-refractivity contribution is -0.383. The quantitative estimate of drug-likeness (QED) is 0.522. The van der Waals surface area contributed by atoms with Crippen LogP contribution >= 0.6 is 0 Å². The number of benzene rings is 1. The molecule has 2 N–H and O–H groups in total. The number of nitrogens with zero attached hydrogens (tertiary/aromatic N) is 2. The molecule has 1 aliphatic rings. The molecule has 6 heteroatoms. The number of rotatable bonds is 3. The lowest BCUT2D eigenvalue weighted by Crippen LogP contribution is -2.38. The van der Waals surface area contributed by atoms with E-state index in [1.807, 2.05) is 0 Å². The fourth-order valence-corrected chi connectivity index (χ4v) is 2.67. The molecule has 0 spiro atoms. The fraction of sp³-hybridized carbons (Fsp3) is 0.500. The van der Waals surface area contributed by atoms with Gasteiger partial charge >= 0.3 is 0 Å². The first-order valence-electron chi connectivity index (χ1n) is 6.82. The number of hydrogen-bond donors (Lipinski definition) is 1. The molecular weight excluding hydrogens is 258 g/mol. The molecule has 1 saturated carbocycles. The molecule has 0 unspecified atom stereocenters. The van der Waals surface area contributed by atoms with E-state index in [2.05, 4.69) is 0 Å². The molecule has 0 aliphatic heterocycles. The largest absolute Gasteiger partial charge is 0.393 e. The van der Waals surface area contributed by atoms with Crippen molar-refractivity contribution < 1.29 is 9.72 Å². The van der Waals surface area contributed by atoms with E-state index in [0.717, 1.165) is 25.7 Å². The van der Waals surface area contributed by atoms with Gasteiger partial charge in [0.15, 0.2) is 0 Å². The van der Waals surface area contributed by atoms with Gasteiger partial charge in [-0.3, -0.25) is 14.9 Å². The van der Waals surface area contributed by atoms with Crippen LogP contribution < -0.4 is 5.73 Å². The molecule has 6 nitrogen and oxygen atoms in total. The minimum absolute atomic E-state index is 0.0758. The summed E-state index contributed by atoms with van der Waals surface area (Å²) in [6, 6.07) is 4.45. The lowest BCUT2D eigenvalue weighted by atomic mass is 9.94. The highest BCUT2D eigenvalue weighted by Crippen LogP contribution is 2.26. The molecule has 0 heterocycles. The van der Waals surface area contributed by atoms with Gasteiger partial charge in [-0.2, -0.15) is 0 Å². The van der Waals surface area contributed by atoms with E-state index in [9.17, 15) is 14.9 Å². The molecule has 1 aromatic rings. The second-order valence-corrected chi connectivity index (χ2v) is 5.24. The Bertz CT molecular complexity index is 524. The number of nitro benzene ring substituents is 1. The summed E-state index contributed by atoms with van der Waals surface area (Å²) in [4.78, 5) is 24.4. The Morgan fingerprint density at radius 3 is 2.60 bits per heavy atom. The van der Waals surface area contributed by atoms with Gasteiger partial charge in [-0.1, -0.05) is 19.3 Å². The highest BCUT2D eigenvalue weighted by Gasteiger charge is 2.24. The molecular formula is C14H19N3O3. The molecule has 0 atom stereocenters. The first-order valence-corrected chi connectivity index (χ1v) is 6.82. The van der Waals surface area contributed by atoms with Crippen molar-refractivity contribution in [2.45, 2.75) is 38.1 Å². The minimum Gasteiger partial charge on any atom is -0.393 e. The summed E-state index contributed by atoms with van der Waals surface area (Å²) in [7, 11) is 1.76. The van der Waals surface area contributed by atoms with E-state index < -0.39 is 4.92 Å². The number of nitro groups is 1. The normalized spacial score (nSPS) is 15.8. The molecule has 1 fully saturated rings. The maximum absolute atomic E-state index is 12.4. The summed E-state index contributed by atoms with van der Waals surface area (Å²) in [5, 5.41) is 10.9. The maximum atomic E-state index is 12.4. The standard InChI is InChI=1S/C14H19N3O3/c1-16(11-5-3-2-4-6-11)14(18)10-7-8-12(15)13(9-10)17(19)20/h7-9,11H,2-6,15H2,1H3. The monoisotopic (exact) mass is 277 g/mol. The number of carbonyl (C=O) groups is 1. The third-order valence-electron chi connectivity index (χ3n) is 3.92. The van der Waals surface area contributed by atoms with Crippen molar-refractivity contribution in [3.8, 4) is 0 Å². The smallest absolute Gasteiger partial charge is 0.292 e. The van der Waals surface area contributed by atoms with Crippen LogP contribution in [-0.2, 0) is 0 Å². The first-order chi connectivity index (χ1) is 9.50. The molecule has 0 radical (unpaired) electrons. The van der Waals surface area contributed by atoms with Gasteiger partial charge in [-0.25, -0.2) is 0 Å². The van der Waals surface area contributed by atoms with E-state index in [1.165, 1.54) is 18.6 Å². The molecule has 0 saturated heterocycles. The van der Waals surface area contributed by atoms with E-state index in [1.54, 1.807) is 18.0 Å². The van der Waals surface area contributed by atoms with E-state index in [4.69, 9.17) is 5.73 Å². The van der Waals surface area contributed by atoms with Crippen LogP contribution in [0.4, 0.5) is 11.4 Å². The number of nitrogens with two attached hydrogens (primary N) is 1. The number of carbonyl (C=O) groups excluding carboxylic acids is 1. The molecule has 20 heavy (non-hydrogen) atoms. The Morgan fingerprint density at radius 2 is 2.00 bits per heavy atom. The summed E-state index contributed by atoms with van der Waals surface area (Å²) >= 11 is 0. The van der Waals surface area contributed by atoms with Gasteiger partial charge in [0.05, 0.1) is 4.92 Å². The van der Waals surface area contributed by atoms with E-state index >= 15 is 0 Å². The molecule has 1 amide bonds. The van der Waals surface area contributed by atoms with Crippen LogP contribution in [-0.4, -0.2) is 28.8 Å². The average molecular weight is 277 g/mol. The molecule has 1 aliphatic carbocycles. The SMILES string of the molecule is CN(C(=O)c1ccc(N)c([N+](=O)[O-])c1)C1CCCCC1. The fourth-order valence-electron chi connectivity index (χ4n) is 2.67. The van der Waals surface area contributed by atoms with Gasteiger partial charge in [0.1, 0.15) is 5.69 Å². The second kappa shape index (κ2) is 5.90. The number of hydrogen-bond acceptors (Lipinski definition) is 4. The summed E-state index contributed by atoms with van der Waals surface area (Å²) in [6.07, 6.45) is 5.47. The zero-order valence-electron chi connectivity index (χ0n) is 11.5. The van der Waals surface area contributed by atoms with Crippen LogP contribution in [0.5, 0.6) is 0 Å². The van der Waals surface area contributed by atoms with Crippen molar-refractivity contribution >= 4 is 17.3 Å². The predicted octanol–water partition coefficient (Wildman–Crippen LogP) is 2.58. The van der Waals surface area contributed by atoms with Gasteiger partial charge in [0, 0.05) is 24.7 Å². The number of nitrogen functional groups attached to an aromatic ring is 1. The van der Waals surface area contributed by atoms with Gasteiger partial charge in [0.2, 0.25) is 0 Å². The lowest BCUT2D eigenvalue weighted by Gasteiger charge is -2.31. The highest BCUT2D eigenvalue weighted by molar-refractivity contribution is 5.95. The third-order valence-corrected chi connectivity index (χ3v) is 3.92. The van der Waals surface area contributed by atoms with E-state index in [0.29, 0.717) is 5.56 Å². The maximum Gasteiger partial charge on any atom is 0.292 e. The van der Waals surface area contributed by atoms with Gasteiger partial charge < -0.3 is 10.6 Å². The van der Waals surface area contributed by atoms with Gasteiger partial charge in [0.25, 0.3) is 11.6 Å². The Balaban J connectivity index is 2.19. The topological polar surface area (TPSA) is 89.5 Å². The van der Waals surface area contributed by atoms with Crippen molar-refractivity contribution in [1.82, 2.24) is 4.90 Å². The van der Waals surface area contributed by atoms with Crippen molar-refractivity contribution in [1.29, 1.82) is 0 Å². The molecule has 2 rings (SSSR count). The Kier molecular flexibility index (Phi) is 4.22. The summed E-state index contributed by atoms with van der Waals surface area (Å²) in [5.41, 5.74) is 5.72. The molecule has 1 aromatic carbocycles. The van der Waals surface area contributed by atoms with Gasteiger partial charge in [-0.05, 0) is 25.0 Å². The zero-order valence-corrected chi connectivity index (χ0v) is 11.5. The Morgan fingerprint density at radius 1 is 1.35 bits per heavy atom. The van der Waals surface area contributed by atoms with Crippen molar-refractivity contribution in [2.24, 2.45) is 0 Å². The van der Waals surface area contributed by atoms with Crippen LogP contribution in [0.3, 0.4) is 0 Å². The Hall–Kier alpha value is -2.11. The summed E-state index contributed by atoms with van der Waals surface area (Å²) < 4.78 is 0. The summed E-state index contributed by atoms with van der Waals surface area (Å²) in [5.74, 6) is -0.181. The number of anilines is 1. The van der Waals surface area contributed by atoms with Crippen molar-refractivity contribution in [2.75, 3.05) is 12.8 Å². The van der Waals surface area contributed by atoms with Crippen molar-refractivity contribution in [3.05, 3.63) is 33.9 Å². The molecule has 0 aromatic heterocycles. The van der Waals surface area contributed by atoms with E-state index in [-0.39, 0.29) is 23.3 Å². The van der Waals surface area contributed by atoms with Crippen LogP contribution in [0, 0.1) is 10.1 Å². The van der Waals surface area contributed by atoms with Gasteiger partial charge in [-0.15, -0.1) is 0 Å². The predicted molar refractivity (Wildman–Crippen MR) is 76.5 cm³/mol. The zero-order chi connectivity index (χ0) is 14.7. The van der Waals surface area contributed by atoms with Crippen molar-refractivity contribution in [3.63, 3.8) is 0 Å². The van der Waals surface area contributed by atoms with Crippen LogP contribution in [0.25, 0.3) is 0 Å². The third kappa shape index (κ3) is 2.89. The second-order valence-electron chi connectivity index (χ2n) is 5.24. The van der Waals surface area contributed by atoms with Crippen LogP contribution in [0.15, 0.2) is 18.2 Å².